The fraction of sp³-hybridized carbons (Fsp3) is 0.222. The van der Waals surface area contributed by atoms with Gasteiger partial charge in [-0.05, 0) is 37.1 Å². The van der Waals surface area contributed by atoms with E-state index in [1.807, 2.05) is 12.1 Å². The van der Waals surface area contributed by atoms with Crippen molar-refractivity contribution in [3.05, 3.63) is 71.8 Å². The number of hydrogen-bond donors (Lipinski definition) is 1. The number of methoxy groups -OCH3 is 1. The van der Waals surface area contributed by atoms with Crippen molar-refractivity contribution in [3.63, 3.8) is 0 Å². The minimum atomic E-state index is 0.0863. The summed E-state index contributed by atoms with van der Waals surface area (Å²) in [7, 11) is 1.63. The van der Waals surface area contributed by atoms with E-state index in [1.54, 1.807) is 19.2 Å². The molecule has 0 saturated heterocycles. The fourth-order valence-electron chi connectivity index (χ4n) is 2.35. The van der Waals surface area contributed by atoms with Crippen LogP contribution in [0.2, 0.25) is 0 Å². The molecule has 2 aromatic carbocycles. The maximum Gasteiger partial charge on any atom is 0.119 e. The second kappa shape index (κ2) is 6.29. The van der Waals surface area contributed by atoms with Gasteiger partial charge in [0.05, 0.1) is 7.11 Å². The molecule has 0 bridgehead atoms. The molecule has 2 heteroatoms. The molecule has 2 rings (SSSR count). The average molecular weight is 268 g/mol. The number of benzene rings is 2. The van der Waals surface area contributed by atoms with Gasteiger partial charge in [-0.3, -0.25) is 0 Å². The van der Waals surface area contributed by atoms with Crippen molar-refractivity contribution in [2.75, 3.05) is 7.11 Å². The topological polar surface area (TPSA) is 29.5 Å². The van der Waals surface area contributed by atoms with Crippen LogP contribution in [-0.4, -0.2) is 12.2 Å². The van der Waals surface area contributed by atoms with E-state index < -0.39 is 0 Å². The quantitative estimate of drug-likeness (QED) is 0.813. The summed E-state index contributed by atoms with van der Waals surface area (Å²) < 4.78 is 5.26. The lowest BCUT2D eigenvalue weighted by atomic mass is 9.87. The molecule has 0 aliphatic heterocycles. The van der Waals surface area contributed by atoms with Crippen LogP contribution in [0, 0.1) is 6.92 Å². The monoisotopic (exact) mass is 268 g/mol. The molecule has 0 amide bonds. The SMILES string of the molecule is C=CCC(c1ccc(C)cc1)c1cc(OC)ccc1O. The number of allylic oxidation sites excluding steroid dienone is 1. The lowest BCUT2D eigenvalue weighted by Gasteiger charge is -2.18. The Hall–Kier alpha value is -2.22. The molecule has 2 nitrogen and oxygen atoms in total. The highest BCUT2D eigenvalue weighted by Gasteiger charge is 2.17. The molecule has 20 heavy (non-hydrogen) atoms. The van der Waals surface area contributed by atoms with Gasteiger partial charge in [-0.15, -0.1) is 6.58 Å². The molecule has 0 radical (unpaired) electrons. The van der Waals surface area contributed by atoms with Crippen LogP contribution in [0.4, 0.5) is 0 Å². The molecule has 1 N–H and O–H groups in total. The van der Waals surface area contributed by atoms with Crippen molar-refractivity contribution in [1.82, 2.24) is 0 Å². The number of phenols is 1. The van der Waals surface area contributed by atoms with Crippen LogP contribution in [0.1, 0.15) is 29.0 Å². The van der Waals surface area contributed by atoms with E-state index in [-0.39, 0.29) is 5.92 Å². The van der Waals surface area contributed by atoms with Crippen molar-refractivity contribution < 1.29 is 9.84 Å². The van der Waals surface area contributed by atoms with E-state index in [1.165, 1.54) is 11.1 Å². The summed E-state index contributed by atoms with van der Waals surface area (Å²) in [5, 5.41) is 10.2. The van der Waals surface area contributed by atoms with Crippen LogP contribution in [0.5, 0.6) is 11.5 Å². The van der Waals surface area contributed by atoms with Gasteiger partial charge in [0.15, 0.2) is 0 Å². The Morgan fingerprint density at radius 2 is 1.90 bits per heavy atom. The highest BCUT2D eigenvalue weighted by atomic mass is 16.5. The van der Waals surface area contributed by atoms with Gasteiger partial charge in [-0.2, -0.15) is 0 Å². The number of rotatable bonds is 5. The first-order valence-electron chi connectivity index (χ1n) is 6.70. The summed E-state index contributed by atoms with van der Waals surface area (Å²) in [6.45, 7) is 5.89. The number of hydrogen-bond acceptors (Lipinski definition) is 2. The maximum absolute atomic E-state index is 10.2. The van der Waals surface area contributed by atoms with E-state index in [0.717, 1.165) is 17.7 Å². The van der Waals surface area contributed by atoms with Crippen LogP contribution >= 0.6 is 0 Å². The highest BCUT2D eigenvalue weighted by molar-refractivity contribution is 5.46. The molecule has 0 fully saturated rings. The van der Waals surface area contributed by atoms with Gasteiger partial charge in [-0.25, -0.2) is 0 Å². The normalized spacial score (nSPS) is 11.9. The van der Waals surface area contributed by atoms with Crippen molar-refractivity contribution >= 4 is 0 Å². The third-order valence-corrected chi connectivity index (χ3v) is 3.49. The summed E-state index contributed by atoms with van der Waals surface area (Å²) >= 11 is 0. The predicted molar refractivity (Wildman–Crippen MR) is 82.5 cm³/mol. The molecule has 0 aliphatic carbocycles. The zero-order valence-corrected chi connectivity index (χ0v) is 12.0. The van der Waals surface area contributed by atoms with Crippen LogP contribution < -0.4 is 4.74 Å². The van der Waals surface area contributed by atoms with Gasteiger partial charge in [-0.1, -0.05) is 35.9 Å². The maximum atomic E-state index is 10.2. The van der Waals surface area contributed by atoms with Crippen LogP contribution in [-0.2, 0) is 0 Å². The first-order chi connectivity index (χ1) is 9.65. The van der Waals surface area contributed by atoms with E-state index in [0.29, 0.717) is 5.75 Å². The molecule has 0 heterocycles. The summed E-state index contributed by atoms with van der Waals surface area (Å²) in [6.07, 6.45) is 2.65. The smallest absolute Gasteiger partial charge is 0.119 e. The number of aromatic hydroxyl groups is 1. The van der Waals surface area contributed by atoms with Gasteiger partial charge in [0, 0.05) is 11.5 Å². The minimum absolute atomic E-state index is 0.0863. The van der Waals surface area contributed by atoms with Gasteiger partial charge in [0.2, 0.25) is 0 Å². The van der Waals surface area contributed by atoms with Gasteiger partial charge in [0.25, 0.3) is 0 Å². The molecule has 1 atom stereocenters. The predicted octanol–water partition coefficient (Wildman–Crippen LogP) is 4.42. The van der Waals surface area contributed by atoms with Crippen molar-refractivity contribution in [1.29, 1.82) is 0 Å². The van der Waals surface area contributed by atoms with Crippen LogP contribution in [0.25, 0.3) is 0 Å². The molecule has 2 aromatic rings. The molecule has 1 unspecified atom stereocenters. The molecule has 0 aliphatic rings. The van der Waals surface area contributed by atoms with Gasteiger partial charge >= 0.3 is 0 Å². The second-order valence-electron chi connectivity index (χ2n) is 4.91. The second-order valence-corrected chi connectivity index (χ2v) is 4.91. The zero-order chi connectivity index (χ0) is 14.5. The third kappa shape index (κ3) is 3.02. The highest BCUT2D eigenvalue weighted by Crippen LogP contribution is 2.36. The number of phenolic OH excluding ortho intramolecular Hbond substituents is 1. The number of aryl methyl sites for hydroxylation is 1. The Kier molecular flexibility index (Phi) is 4.46. The standard InChI is InChI=1S/C18H20O2/c1-4-5-16(14-8-6-13(2)7-9-14)17-12-15(20-3)10-11-18(17)19/h4,6-12,16,19H,1,5H2,2-3H3. The Morgan fingerprint density at radius 1 is 1.20 bits per heavy atom. The molecular weight excluding hydrogens is 248 g/mol. The Morgan fingerprint density at radius 3 is 2.50 bits per heavy atom. The Bertz CT molecular complexity index is 585. The van der Waals surface area contributed by atoms with E-state index >= 15 is 0 Å². The Labute approximate surface area is 120 Å². The molecule has 0 aromatic heterocycles. The van der Waals surface area contributed by atoms with Crippen LogP contribution in [0.3, 0.4) is 0 Å². The lowest BCUT2D eigenvalue weighted by molar-refractivity contribution is 0.410. The molecule has 0 saturated carbocycles. The Balaban J connectivity index is 2.47. The molecule has 104 valence electrons. The van der Waals surface area contributed by atoms with E-state index in [9.17, 15) is 5.11 Å². The zero-order valence-electron chi connectivity index (χ0n) is 12.0. The minimum Gasteiger partial charge on any atom is -0.508 e. The first kappa shape index (κ1) is 14.2. The summed E-state index contributed by atoms with van der Waals surface area (Å²) in [4.78, 5) is 0. The third-order valence-electron chi connectivity index (χ3n) is 3.49. The first-order valence-corrected chi connectivity index (χ1v) is 6.70. The van der Waals surface area contributed by atoms with E-state index in [2.05, 4.69) is 37.8 Å². The summed E-state index contributed by atoms with van der Waals surface area (Å²) in [5.74, 6) is 1.13. The molecular formula is C18H20O2. The summed E-state index contributed by atoms with van der Waals surface area (Å²) in [5.41, 5.74) is 3.26. The van der Waals surface area contributed by atoms with E-state index in [4.69, 9.17) is 4.74 Å². The lowest BCUT2D eigenvalue weighted by Crippen LogP contribution is -2.01. The number of ether oxygens (including phenoxy) is 1. The van der Waals surface area contributed by atoms with Crippen molar-refractivity contribution in [3.8, 4) is 11.5 Å². The largest absolute Gasteiger partial charge is 0.508 e. The average Bonchev–Trinajstić information content (AvgIpc) is 2.47. The van der Waals surface area contributed by atoms with Crippen molar-refractivity contribution in [2.45, 2.75) is 19.3 Å². The molecule has 0 spiro atoms. The van der Waals surface area contributed by atoms with Crippen LogP contribution in [0.15, 0.2) is 55.1 Å². The fourth-order valence-corrected chi connectivity index (χ4v) is 2.35. The van der Waals surface area contributed by atoms with Gasteiger partial charge in [0.1, 0.15) is 11.5 Å². The van der Waals surface area contributed by atoms with Gasteiger partial charge < -0.3 is 9.84 Å². The van der Waals surface area contributed by atoms with Crippen molar-refractivity contribution in [2.24, 2.45) is 0 Å². The summed E-state index contributed by atoms with van der Waals surface area (Å²) in [6, 6.07) is 13.7.